The van der Waals surface area contributed by atoms with Crippen LogP contribution in [0.1, 0.15) is 17.5 Å². The number of nitrogens with zero attached hydrogens (tertiary/aromatic N) is 5. The molecule has 182 valence electrons. The monoisotopic (exact) mass is 489 g/mol. The zero-order valence-electron chi connectivity index (χ0n) is 18.2. The molecule has 3 heterocycles. The largest absolute Gasteiger partial charge is 0.417 e. The van der Waals surface area contributed by atoms with Crippen LogP contribution in [0.3, 0.4) is 0 Å². The molecule has 4 aromatic rings. The second kappa shape index (κ2) is 10.5. The van der Waals surface area contributed by atoms with Crippen molar-refractivity contribution in [2.75, 3.05) is 17.2 Å². The highest BCUT2D eigenvalue weighted by Gasteiger charge is 2.31. The van der Waals surface area contributed by atoms with Crippen molar-refractivity contribution in [2.45, 2.75) is 25.7 Å². The summed E-state index contributed by atoms with van der Waals surface area (Å²) in [4.78, 5) is 16.3. The molecule has 0 aliphatic heterocycles. The highest BCUT2D eigenvalue weighted by molar-refractivity contribution is 5.61. The van der Waals surface area contributed by atoms with Crippen LogP contribution in [0.25, 0.3) is 11.4 Å². The fraction of sp³-hybridized carbons (Fsp3) is 0.217. The number of aryl methyl sites for hydroxylation is 1. The van der Waals surface area contributed by atoms with E-state index in [1.165, 1.54) is 12.3 Å². The Hall–Kier alpha value is -4.09. The second-order valence-electron chi connectivity index (χ2n) is 7.59. The van der Waals surface area contributed by atoms with Crippen molar-refractivity contribution in [3.63, 3.8) is 0 Å². The number of anilines is 2. The molecule has 0 saturated heterocycles. The number of aromatic nitrogens is 5. The third-order valence-corrected chi connectivity index (χ3v) is 4.98. The smallest absolute Gasteiger partial charge is 0.370 e. The van der Waals surface area contributed by atoms with E-state index in [0.717, 1.165) is 30.8 Å². The van der Waals surface area contributed by atoms with E-state index in [1.807, 2.05) is 10.8 Å². The summed E-state index contributed by atoms with van der Waals surface area (Å²) in [6.45, 7) is 1.20. The number of pyridine rings is 1. The first kappa shape index (κ1) is 24.0. The van der Waals surface area contributed by atoms with E-state index in [-0.39, 0.29) is 29.3 Å². The summed E-state index contributed by atoms with van der Waals surface area (Å²) in [5, 5.41) is 6.05. The molecule has 0 fully saturated rings. The summed E-state index contributed by atoms with van der Waals surface area (Å²) < 4.78 is 68.6. The zero-order chi connectivity index (χ0) is 24.8. The van der Waals surface area contributed by atoms with Gasteiger partial charge in [-0.2, -0.15) is 13.2 Å². The lowest BCUT2D eigenvalue weighted by Gasteiger charge is -2.13. The topological polar surface area (TPSA) is 80.5 Å². The standard InChI is InChI=1S/C23H20F5N7/c24-18-3-2-15(19(25)9-18)12-32-21-10-20(31-4-1-6-35-7-5-29-14-35)33-22(34-21)16-8-17(13-30-11-16)23(26,27)28/h2-3,5,7-11,13-14H,1,4,6,12H2,(H2,31,32,33,34). The lowest BCUT2D eigenvalue weighted by Crippen LogP contribution is -2.10. The van der Waals surface area contributed by atoms with E-state index in [9.17, 15) is 22.0 Å². The highest BCUT2D eigenvalue weighted by atomic mass is 19.4. The third kappa shape index (κ3) is 6.49. The van der Waals surface area contributed by atoms with E-state index in [2.05, 4.69) is 30.6 Å². The summed E-state index contributed by atoms with van der Waals surface area (Å²) >= 11 is 0. The van der Waals surface area contributed by atoms with Gasteiger partial charge in [0.15, 0.2) is 5.82 Å². The van der Waals surface area contributed by atoms with Gasteiger partial charge in [-0.15, -0.1) is 0 Å². The maximum absolute atomic E-state index is 14.0. The van der Waals surface area contributed by atoms with Crippen LogP contribution in [0.4, 0.5) is 33.6 Å². The predicted octanol–water partition coefficient (Wildman–Crippen LogP) is 5.15. The van der Waals surface area contributed by atoms with Crippen molar-refractivity contribution in [3.05, 3.63) is 84.2 Å². The molecule has 0 aliphatic carbocycles. The number of benzene rings is 1. The number of nitrogens with one attached hydrogen (secondary N) is 2. The summed E-state index contributed by atoms with van der Waals surface area (Å²) in [6, 6.07) is 5.67. The second-order valence-corrected chi connectivity index (χ2v) is 7.59. The van der Waals surface area contributed by atoms with Crippen LogP contribution in [0.2, 0.25) is 0 Å². The minimum atomic E-state index is -4.58. The quantitative estimate of drug-likeness (QED) is 0.250. The van der Waals surface area contributed by atoms with Crippen LogP contribution < -0.4 is 10.6 Å². The summed E-state index contributed by atoms with van der Waals surface area (Å²) in [6.07, 6.45) is 3.31. The Morgan fingerprint density at radius 1 is 0.914 bits per heavy atom. The SMILES string of the molecule is Fc1ccc(CNc2cc(NCCCn3ccnc3)nc(-c3cncc(C(F)(F)F)c3)n2)c(F)c1. The molecule has 2 N–H and O–H groups in total. The average molecular weight is 489 g/mol. The number of hydrogen-bond acceptors (Lipinski definition) is 6. The lowest BCUT2D eigenvalue weighted by atomic mass is 10.2. The summed E-state index contributed by atoms with van der Waals surface area (Å²) in [7, 11) is 0. The van der Waals surface area contributed by atoms with Gasteiger partial charge in [0.25, 0.3) is 0 Å². The van der Waals surface area contributed by atoms with Gasteiger partial charge >= 0.3 is 6.18 Å². The third-order valence-electron chi connectivity index (χ3n) is 4.98. The normalized spacial score (nSPS) is 11.5. The Morgan fingerprint density at radius 3 is 2.43 bits per heavy atom. The summed E-state index contributed by atoms with van der Waals surface area (Å²) in [5.74, 6) is -0.819. The molecule has 35 heavy (non-hydrogen) atoms. The van der Waals surface area contributed by atoms with Gasteiger partial charge in [-0.25, -0.2) is 23.7 Å². The lowest BCUT2D eigenvalue weighted by molar-refractivity contribution is -0.137. The Morgan fingerprint density at radius 2 is 1.71 bits per heavy atom. The van der Waals surface area contributed by atoms with Gasteiger partial charge in [-0.05, 0) is 18.6 Å². The van der Waals surface area contributed by atoms with Gasteiger partial charge in [0.1, 0.15) is 23.3 Å². The Balaban J connectivity index is 1.56. The van der Waals surface area contributed by atoms with E-state index in [1.54, 1.807) is 18.6 Å². The van der Waals surface area contributed by atoms with Crippen LogP contribution in [0.15, 0.2) is 61.4 Å². The number of halogens is 5. The van der Waals surface area contributed by atoms with E-state index in [0.29, 0.717) is 18.9 Å². The Bertz CT molecular complexity index is 1280. The molecule has 0 amide bonds. The molecule has 0 unspecified atom stereocenters. The predicted molar refractivity (Wildman–Crippen MR) is 119 cm³/mol. The van der Waals surface area contributed by atoms with Crippen LogP contribution in [-0.2, 0) is 19.3 Å². The van der Waals surface area contributed by atoms with Crippen LogP contribution in [-0.4, -0.2) is 31.0 Å². The Labute approximate surface area is 197 Å². The molecule has 0 radical (unpaired) electrons. The van der Waals surface area contributed by atoms with E-state index >= 15 is 0 Å². The minimum absolute atomic E-state index is 0.00490. The van der Waals surface area contributed by atoms with Crippen LogP contribution in [0, 0.1) is 11.6 Å². The van der Waals surface area contributed by atoms with Gasteiger partial charge in [-0.1, -0.05) is 6.07 Å². The molecule has 7 nitrogen and oxygen atoms in total. The highest BCUT2D eigenvalue weighted by Crippen LogP contribution is 2.31. The molecule has 0 atom stereocenters. The number of imidazole rings is 1. The molecule has 4 rings (SSSR count). The van der Waals surface area contributed by atoms with Crippen molar-refractivity contribution in [3.8, 4) is 11.4 Å². The molecule has 0 spiro atoms. The molecular weight excluding hydrogens is 469 g/mol. The average Bonchev–Trinajstić information content (AvgIpc) is 3.34. The first-order valence-electron chi connectivity index (χ1n) is 10.6. The van der Waals surface area contributed by atoms with Crippen molar-refractivity contribution in [2.24, 2.45) is 0 Å². The molecule has 0 bridgehead atoms. The Kier molecular flexibility index (Phi) is 7.18. The number of rotatable bonds is 9. The van der Waals surface area contributed by atoms with Crippen molar-refractivity contribution >= 4 is 11.6 Å². The van der Waals surface area contributed by atoms with Crippen LogP contribution >= 0.6 is 0 Å². The first-order chi connectivity index (χ1) is 16.8. The van der Waals surface area contributed by atoms with Gasteiger partial charge in [0.2, 0.25) is 0 Å². The maximum Gasteiger partial charge on any atom is 0.417 e. The minimum Gasteiger partial charge on any atom is -0.370 e. The van der Waals surface area contributed by atoms with Gasteiger partial charge in [-0.3, -0.25) is 4.98 Å². The van der Waals surface area contributed by atoms with Crippen LogP contribution in [0.5, 0.6) is 0 Å². The van der Waals surface area contributed by atoms with Gasteiger partial charge < -0.3 is 15.2 Å². The zero-order valence-corrected chi connectivity index (χ0v) is 18.2. The van der Waals surface area contributed by atoms with E-state index < -0.39 is 23.4 Å². The van der Waals surface area contributed by atoms with Crippen molar-refractivity contribution in [1.29, 1.82) is 0 Å². The molecule has 3 aromatic heterocycles. The molecule has 12 heteroatoms. The fourth-order valence-corrected chi connectivity index (χ4v) is 3.22. The van der Waals surface area contributed by atoms with Crippen molar-refractivity contribution in [1.82, 2.24) is 24.5 Å². The van der Waals surface area contributed by atoms with Crippen molar-refractivity contribution < 1.29 is 22.0 Å². The molecule has 0 aliphatic rings. The molecule has 1 aromatic carbocycles. The number of alkyl halides is 3. The summed E-state index contributed by atoms with van der Waals surface area (Å²) in [5.41, 5.74) is -0.666. The van der Waals surface area contributed by atoms with Gasteiger partial charge in [0.05, 0.1) is 11.9 Å². The first-order valence-corrected chi connectivity index (χ1v) is 10.6. The maximum atomic E-state index is 14.0. The van der Waals surface area contributed by atoms with Gasteiger partial charge in [0, 0.05) is 67.7 Å². The van der Waals surface area contributed by atoms with E-state index in [4.69, 9.17) is 0 Å². The molecular formula is C23H20F5N7. The molecule has 0 saturated carbocycles. The fourth-order valence-electron chi connectivity index (χ4n) is 3.22. The number of hydrogen-bond donors (Lipinski definition) is 2.